The Kier molecular flexibility index (Phi) is 3.09. The molecule has 19 heavy (non-hydrogen) atoms. The lowest BCUT2D eigenvalue weighted by Gasteiger charge is -2.28. The Bertz CT molecular complexity index is 653. The van der Waals surface area contributed by atoms with Gasteiger partial charge in [0.05, 0.1) is 7.11 Å². The molecule has 0 saturated heterocycles. The average Bonchev–Trinajstić information content (AvgIpc) is 3.01. The van der Waals surface area contributed by atoms with Crippen molar-refractivity contribution in [3.63, 3.8) is 0 Å². The van der Waals surface area contributed by atoms with E-state index >= 15 is 0 Å². The highest BCUT2D eigenvalue weighted by Crippen LogP contribution is 2.45. The molecular formula is C13H13N3OS2. The van der Waals surface area contributed by atoms with Crippen LogP contribution in [0.4, 0.5) is 10.7 Å². The second-order valence-corrected chi connectivity index (χ2v) is 6.34. The van der Waals surface area contributed by atoms with Crippen LogP contribution in [0.15, 0.2) is 11.4 Å². The number of nitrogens with two attached hydrogens (primary N) is 1. The molecule has 98 valence electrons. The number of methoxy groups -OCH3 is 1. The van der Waals surface area contributed by atoms with Crippen molar-refractivity contribution in [2.45, 2.75) is 13.0 Å². The number of hydrogen-bond donors (Lipinski definition) is 1. The lowest BCUT2D eigenvalue weighted by molar-refractivity contribution is 0.418. The number of rotatable bonds is 2. The van der Waals surface area contributed by atoms with Crippen molar-refractivity contribution < 1.29 is 4.74 Å². The van der Waals surface area contributed by atoms with Crippen molar-refractivity contribution in [3.05, 3.63) is 26.8 Å². The first-order valence-electron chi connectivity index (χ1n) is 5.91. The van der Waals surface area contributed by atoms with E-state index in [1.54, 1.807) is 7.11 Å². The Hall–Kier alpha value is -1.71. The smallest absolute Gasteiger partial charge is 0.177 e. The largest absolute Gasteiger partial charge is 0.492 e. The summed E-state index contributed by atoms with van der Waals surface area (Å²) in [4.78, 5) is 4.23. The molecule has 3 heterocycles. The summed E-state index contributed by atoms with van der Waals surface area (Å²) < 4.78 is 5.38. The van der Waals surface area contributed by atoms with Crippen molar-refractivity contribution in [2.24, 2.45) is 0 Å². The number of hydrogen-bond acceptors (Lipinski definition) is 6. The van der Waals surface area contributed by atoms with E-state index in [1.807, 2.05) is 11.3 Å². The van der Waals surface area contributed by atoms with E-state index in [0.717, 1.165) is 24.5 Å². The molecule has 0 radical (unpaired) electrons. The first kappa shape index (κ1) is 12.3. The Balaban J connectivity index is 1.98. The van der Waals surface area contributed by atoms with E-state index in [2.05, 4.69) is 22.4 Å². The van der Waals surface area contributed by atoms with E-state index in [0.29, 0.717) is 16.3 Å². The lowest BCUT2D eigenvalue weighted by atomic mass is 10.1. The zero-order valence-electron chi connectivity index (χ0n) is 10.5. The maximum atomic E-state index is 9.08. The van der Waals surface area contributed by atoms with Gasteiger partial charge in [0.1, 0.15) is 21.6 Å². The van der Waals surface area contributed by atoms with Crippen LogP contribution in [0.25, 0.3) is 0 Å². The molecule has 0 amide bonds. The molecule has 0 atom stereocenters. The van der Waals surface area contributed by atoms with Crippen molar-refractivity contribution in [3.8, 4) is 11.8 Å². The number of nitrogen functional groups attached to an aromatic ring is 1. The molecule has 0 bridgehead atoms. The van der Waals surface area contributed by atoms with Gasteiger partial charge in [-0.1, -0.05) is 0 Å². The SMILES string of the molecule is COc1c(N2CCc3sccc3C2)sc(C#N)c1N. The quantitative estimate of drug-likeness (QED) is 0.924. The van der Waals surface area contributed by atoms with Crippen LogP contribution < -0.4 is 15.4 Å². The molecule has 0 unspecified atom stereocenters. The summed E-state index contributed by atoms with van der Waals surface area (Å²) in [6.45, 7) is 1.80. The molecule has 0 aromatic carbocycles. The van der Waals surface area contributed by atoms with Gasteiger partial charge >= 0.3 is 0 Å². The lowest BCUT2D eigenvalue weighted by Crippen LogP contribution is -2.28. The molecule has 0 fully saturated rings. The molecule has 4 nitrogen and oxygen atoms in total. The summed E-state index contributed by atoms with van der Waals surface area (Å²) in [6.07, 6.45) is 1.04. The van der Waals surface area contributed by atoms with Crippen molar-refractivity contribution in [1.82, 2.24) is 0 Å². The third kappa shape index (κ3) is 1.95. The van der Waals surface area contributed by atoms with Crippen molar-refractivity contribution in [1.29, 1.82) is 5.26 Å². The Morgan fingerprint density at radius 1 is 1.53 bits per heavy atom. The van der Waals surface area contributed by atoms with E-state index < -0.39 is 0 Å². The van der Waals surface area contributed by atoms with Crippen LogP contribution in [-0.4, -0.2) is 13.7 Å². The van der Waals surface area contributed by atoms with Crippen molar-refractivity contribution >= 4 is 33.4 Å². The van der Waals surface area contributed by atoms with Gasteiger partial charge in [0, 0.05) is 18.0 Å². The van der Waals surface area contributed by atoms with Crippen LogP contribution in [0.1, 0.15) is 15.3 Å². The molecule has 1 aliphatic heterocycles. The van der Waals surface area contributed by atoms with Gasteiger partial charge < -0.3 is 15.4 Å². The fourth-order valence-corrected chi connectivity index (χ4v) is 4.23. The second kappa shape index (κ2) is 4.76. The maximum Gasteiger partial charge on any atom is 0.177 e. The summed E-state index contributed by atoms with van der Waals surface area (Å²) in [5, 5.41) is 12.2. The minimum absolute atomic E-state index is 0.459. The summed E-state index contributed by atoms with van der Waals surface area (Å²) in [7, 11) is 1.60. The molecular weight excluding hydrogens is 278 g/mol. The second-order valence-electron chi connectivity index (χ2n) is 4.34. The van der Waals surface area contributed by atoms with E-state index in [4.69, 9.17) is 15.7 Å². The van der Waals surface area contributed by atoms with Crippen LogP contribution >= 0.6 is 22.7 Å². The number of anilines is 2. The molecule has 0 spiro atoms. The minimum atomic E-state index is 0.459. The molecule has 2 N–H and O–H groups in total. The predicted octanol–water partition coefficient (Wildman–Crippen LogP) is 2.83. The summed E-state index contributed by atoms with van der Waals surface area (Å²) >= 11 is 3.23. The monoisotopic (exact) mass is 291 g/mol. The van der Waals surface area contributed by atoms with Crippen LogP contribution in [0.5, 0.6) is 5.75 Å². The molecule has 2 aromatic heterocycles. The summed E-state index contributed by atoms with van der Waals surface area (Å²) in [5.74, 6) is 0.639. The average molecular weight is 291 g/mol. The molecule has 2 aromatic rings. The summed E-state index contributed by atoms with van der Waals surface area (Å²) in [5.41, 5.74) is 7.77. The highest BCUT2D eigenvalue weighted by molar-refractivity contribution is 7.17. The molecule has 3 rings (SSSR count). The van der Waals surface area contributed by atoms with Crippen LogP contribution in [0.2, 0.25) is 0 Å². The number of nitriles is 1. The number of thiophene rings is 2. The standard InChI is InChI=1S/C13H13N3OS2/c1-17-12-11(15)10(6-14)19-13(12)16-4-2-9-8(7-16)3-5-18-9/h3,5H,2,4,7,15H2,1H3. The van der Waals surface area contributed by atoms with Crippen LogP contribution in [-0.2, 0) is 13.0 Å². The fourth-order valence-electron chi connectivity index (χ4n) is 2.33. The Morgan fingerprint density at radius 3 is 3.11 bits per heavy atom. The normalized spacial score (nSPS) is 14.0. The molecule has 6 heteroatoms. The third-order valence-electron chi connectivity index (χ3n) is 3.28. The molecule has 1 aliphatic rings. The van der Waals surface area contributed by atoms with Gasteiger partial charge in [-0.2, -0.15) is 5.26 Å². The number of nitrogens with zero attached hydrogens (tertiary/aromatic N) is 2. The minimum Gasteiger partial charge on any atom is -0.492 e. The van der Waals surface area contributed by atoms with Gasteiger partial charge in [0.25, 0.3) is 0 Å². The molecule has 0 saturated carbocycles. The van der Waals surface area contributed by atoms with E-state index in [-0.39, 0.29) is 0 Å². The van der Waals surface area contributed by atoms with Gasteiger partial charge in [-0.25, -0.2) is 0 Å². The van der Waals surface area contributed by atoms with Crippen LogP contribution in [0, 0.1) is 11.3 Å². The van der Waals surface area contributed by atoms with Gasteiger partial charge in [-0.15, -0.1) is 22.7 Å². The van der Waals surface area contributed by atoms with Gasteiger partial charge in [-0.3, -0.25) is 0 Å². The maximum absolute atomic E-state index is 9.08. The van der Waals surface area contributed by atoms with Gasteiger partial charge in [-0.05, 0) is 23.4 Å². The highest BCUT2D eigenvalue weighted by Gasteiger charge is 2.25. The van der Waals surface area contributed by atoms with Crippen LogP contribution in [0.3, 0.4) is 0 Å². The third-order valence-corrected chi connectivity index (χ3v) is 5.46. The number of ether oxygens (including phenoxy) is 1. The first-order chi connectivity index (χ1) is 9.24. The van der Waals surface area contributed by atoms with Crippen molar-refractivity contribution in [2.75, 3.05) is 24.3 Å². The number of fused-ring (bicyclic) bond motifs is 1. The highest BCUT2D eigenvalue weighted by atomic mass is 32.1. The summed E-state index contributed by atoms with van der Waals surface area (Å²) in [6, 6.07) is 4.30. The van der Waals surface area contributed by atoms with E-state index in [9.17, 15) is 0 Å². The Morgan fingerprint density at radius 2 is 2.37 bits per heavy atom. The topological polar surface area (TPSA) is 62.3 Å². The first-order valence-corrected chi connectivity index (χ1v) is 7.60. The van der Waals surface area contributed by atoms with Gasteiger partial charge in [0.2, 0.25) is 0 Å². The Labute approximate surface area is 119 Å². The fraction of sp³-hybridized carbons (Fsp3) is 0.308. The van der Waals surface area contributed by atoms with Gasteiger partial charge in [0.15, 0.2) is 5.75 Å². The van der Waals surface area contributed by atoms with E-state index in [1.165, 1.54) is 21.8 Å². The zero-order valence-corrected chi connectivity index (χ0v) is 12.1. The molecule has 0 aliphatic carbocycles. The predicted molar refractivity (Wildman–Crippen MR) is 79.1 cm³/mol. The zero-order chi connectivity index (χ0) is 13.4.